The van der Waals surface area contributed by atoms with Gasteiger partial charge in [-0.15, -0.1) is 11.3 Å². The van der Waals surface area contributed by atoms with Crippen LogP contribution >= 0.6 is 11.3 Å². The zero-order valence-electron chi connectivity index (χ0n) is 8.10. The monoisotopic (exact) mass is 207 g/mol. The Hall–Kier alpha value is -1.13. The average Bonchev–Trinajstić information content (AvgIpc) is 2.74. The highest BCUT2D eigenvalue weighted by atomic mass is 32.1. The molecule has 0 aliphatic rings. The summed E-state index contributed by atoms with van der Waals surface area (Å²) in [4.78, 5) is 1.25. The molecule has 0 aliphatic carbocycles. The molecule has 0 radical (unpaired) electrons. The van der Waals surface area contributed by atoms with E-state index in [4.69, 9.17) is 5.73 Å². The van der Waals surface area contributed by atoms with E-state index < -0.39 is 0 Å². The van der Waals surface area contributed by atoms with Crippen LogP contribution in [-0.4, -0.2) is 16.3 Å². The van der Waals surface area contributed by atoms with Crippen molar-refractivity contribution in [2.45, 2.75) is 6.42 Å². The Kier molecular flexibility index (Phi) is 2.65. The molecule has 2 N–H and O–H groups in total. The summed E-state index contributed by atoms with van der Waals surface area (Å²) in [7, 11) is 1.97. The normalized spacial score (nSPS) is 10.7. The number of nitrogens with zero attached hydrogens (tertiary/aromatic N) is 2. The van der Waals surface area contributed by atoms with Gasteiger partial charge in [0.1, 0.15) is 0 Å². The minimum absolute atomic E-state index is 0.654. The fraction of sp³-hybridized carbons (Fsp3) is 0.300. The van der Waals surface area contributed by atoms with Crippen LogP contribution in [0.15, 0.2) is 23.6 Å². The molecule has 0 amide bonds. The molecule has 4 heteroatoms. The van der Waals surface area contributed by atoms with Crippen LogP contribution in [0.1, 0.15) is 5.69 Å². The van der Waals surface area contributed by atoms with Crippen LogP contribution in [0.3, 0.4) is 0 Å². The van der Waals surface area contributed by atoms with Crippen LogP contribution in [0.5, 0.6) is 0 Å². The van der Waals surface area contributed by atoms with Gasteiger partial charge < -0.3 is 5.73 Å². The van der Waals surface area contributed by atoms with Crippen molar-refractivity contribution in [2.75, 3.05) is 6.54 Å². The van der Waals surface area contributed by atoms with Crippen LogP contribution in [0.2, 0.25) is 0 Å². The summed E-state index contributed by atoms with van der Waals surface area (Å²) in [6.45, 7) is 0.654. The summed E-state index contributed by atoms with van der Waals surface area (Å²) in [6, 6.07) is 6.27. The molecule has 0 unspecified atom stereocenters. The van der Waals surface area contributed by atoms with Gasteiger partial charge in [-0.1, -0.05) is 6.07 Å². The van der Waals surface area contributed by atoms with E-state index in [-0.39, 0.29) is 0 Å². The van der Waals surface area contributed by atoms with Crippen molar-refractivity contribution in [1.82, 2.24) is 9.78 Å². The van der Waals surface area contributed by atoms with Crippen LogP contribution in [0.25, 0.3) is 10.6 Å². The fourth-order valence-corrected chi connectivity index (χ4v) is 2.22. The lowest BCUT2D eigenvalue weighted by molar-refractivity contribution is 0.746. The quantitative estimate of drug-likeness (QED) is 0.831. The molecular weight excluding hydrogens is 194 g/mol. The fourth-order valence-electron chi connectivity index (χ4n) is 1.45. The number of thiophene rings is 1. The molecule has 0 fully saturated rings. The van der Waals surface area contributed by atoms with Crippen molar-refractivity contribution >= 4 is 11.3 Å². The van der Waals surface area contributed by atoms with Crippen molar-refractivity contribution in [3.63, 3.8) is 0 Å². The standard InChI is InChI=1S/C10H13N3S/c1-13-9(10-3-2-6-14-10)7-8(12-13)4-5-11/h2-3,6-7H,4-5,11H2,1H3. The average molecular weight is 207 g/mol. The van der Waals surface area contributed by atoms with Gasteiger partial charge in [-0.25, -0.2) is 0 Å². The predicted octanol–water partition coefficient (Wildman–Crippen LogP) is 1.65. The first-order chi connectivity index (χ1) is 6.81. The minimum Gasteiger partial charge on any atom is -0.330 e. The smallest absolute Gasteiger partial charge is 0.0781 e. The minimum atomic E-state index is 0.654. The number of nitrogens with two attached hydrogens (primary N) is 1. The Morgan fingerprint density at radius 3 is 3.07 bits per heavy atom. The summed E-state index contributed by atoms with van der Waals surface area (Å²) in [5, 5.41) is 6.47. The highest BCUT2D eigenvalue weighted by Crippen LogP contribution is 2.24. The van der Waals surface area contributed by atoms with E-state index in [0.29, 0.717) is 6.54 Å². The summed E-state index contributed by atoms with van der Waals surface area (Å²) < 4.78 is 1.91. The van der Waals surface area contributed by atoms with Gasteiger partial charge in [-0.2, -0.15) is 5.10 Å². The summed E-state index contributed by atoms with van der Waals surface area (Å²) in [6.07, 6.45) is 0.846. The molecule has 2 aromatic heterocycles. The van der Waals surface area contributed by atoms with Crippen LogP contribution in [-0.2, 0) is 13.5 Å². The van der Waals surface area contributed by atoms with E-state index in [1.54, 1.807) is 11.3 Å². The highest BCUT2D eigenvalue weighted by molar-refractivity contribution is 7.13. The molecule has 0 bridgehead atoms. The molecule has 2 aromatic rings. The third-order valence-corrected chi connectivity index (χ3v) is 3.00. The third kappa shape index (κ3) is 1.71. The Bertz CT molecular complexity index is 403. The van der Waals surface area contributed by atoms with Crippen LogP contribution < -0.4 is 5.73 Å². The Labute approximate surface area is 87.2 Å². The summed E-state index contributed by atoms with van der Waals surface area (Å²) >= 11 is 1.73. The lowest BCUT2D eigenvalue weighted by atomic mass is 10.2. The van der Waals surface area contributed by atoms with Crippen molar-refractivity contribution < 1.29 is 0 Å². The maximum atomic E-state index is 5.49. The molecule has 0 saturated carbocycles. The van der Waals surface area contributed by atoms with E-state index in [0.717, 1.165) is 12.1 Å². The van der Waals surface area contributed by atoms with E-state index in [2.05, 4.69) is 28.7 Å². The van der Waals surface area contributed by atoms with Crippen LogP contribution in [0.4, 0.5) is 0 Å². The molecule has 0 saturated heterocycles. The molecule has 0 aliphatic heterocycles. The number of hydrogen-bond acceptors (Lipinski definition) is 3. The van der Waals surface area contributed by atoms with Crippen molar-refractivity contribution in [2.24, 2.45) is 12.8 Å². The zero-order valence-corrected chi connectivity index (χ0v) is 8.92. The number of aryl methyl sites for hydroxylation is 1. The second kappa shape index (κ2) is 3.94. The molecule has 0 spiro atoms. The molecule has 2 rings (SSSR count). The van der Waals surface area contributed by atoms with Gasteiger partial charge in [-0.05, 0) is 24.1 Å². The van der Waals surface area contributed by atoms with Gasteiger partial charge in [0.2, 0.25) is 0 Å². The number of rotatable bonds is 3. The Morgan fingerprint density at radius 2 is 2.43 bits per heavy atom. The molecule has 14 heavy (non-hydrogen) atoms. The molecular formula is C10H13N3S. The largest absolute Gasteiger partial charge is 0.330 e. The summed E-state index contributed by atoms with van der Waals surface area (Å²) in [5.41, 5.74) is 7.73. The van der Waals surface area contributed by atoms with E-state index >= 15 is 0 Å². The molecule has 3 nitrogen and oxygen atoms in total. The van der Waals surface area contributed by atoms with Gasteiger partial charge in [0.05, 0.1) is 16.3 Å². The third-order valence-electron chi connectivity index (χ3n) is 2.10. The Morgan fingerprint density at radius 1 is 1.57 bits per heavy atom. The van der Waals surface area contributed by atoms with Gasteiger partial charge in [0, 0.05) is 13.5 Å². The molecule has 0 aromatic carbocycles. The van der Waals surface area contributed by atoms with E-state index in [9.17, 15) is 0 Å². The molecule has 74 valence electrons. The van der Waals surface area contributed by atoms with Crippen molar-refractivity contribution in [3.8, 4) is 10.6 Å². The van der Waals surface area contributed by atoms with Gasteiger partial charge >= 0.3 is 0 Å². The SMILES string of the molecule is Cn1nc(CCN)cc1-c1cccs1. The predicted molar refractivity (Wildman–Crippen MR) is 59.3 cm³/mol. The Balaban J connectivity index is 2.35. The first-order valence-corrected chi connectivity index (χ1v) is 5.46. The maximum Gasteiger partial charge on any atom is 0.0781 e. The molecule has 2 heterocycles. The topological polar surface area (TPSA) is 43.8 Å². The van der Waals surface area contributed by atoms with E-state index in [1.165, 1.54) is 10.6 Å². The lowest BCUT2D eigenvalue weighted by Crippen LogP contribution is -2.03. The van der Waals surface area contributed by atoms with Gasteiger partial charge in [-0.3, -0.25) is 4.68 Å². The maximum absolute atomic E-state index is 5.49. The van der Waals surface area contributed by atoms with Crippen molar-refractivity contribution in [1.29, 1.82) is 0 Å². The number of hydrogen-bond donors (Lipinski definition) is 1. The first-order valence-electron chi connectivity index (χ1n) is 4.58. The first kappa shape index (κ1) is 9.43. The number of aromatic nitrogens is 2. The second-order valence-corrected chi connectivity index (χ2v) is 4.11. The zero-order chi connectivity index (χ0) is 9.97. The van der Waals surface area contributed by atoms with E-state index in [1.807, 2.05) is 11.7 Å². The summed E-state index contributed by atoms with van der Waals surface area (Å²) in [5.74, 6) is 0. The van der Waals surface area contributed by atoms with Crippen LogP contribution in [0, 0.1) is 0 Å². The van der Waals surface area contributed by atoms with Gasteiger partial charge in [0.15, 0.2) is 0 Å². The molecule has 0 atom stereocenters. The second-order valence-electron chi connectivity index (χ2n) is 3.16. The van der Waals surface area contributed by atoms with Gasteiger partial charge in [0.25, 0.3) is 0 Å². The van der Waals surface area contributed by atoms with Crippen molar-refractivity contribution in [3.05, 3.63) is 29.3 Å². The highest BCUT2D eigenvalue weighted by Gasteiger charge is 2.06. The lowest BCUT2D eigenvalue weighted by Gasteiger charge is -1.95.